The first-order chi connectivity index (χ1) is 15.7. The number of ether oxygens (including phenoxy) is 2. The molecule has 0 unspecified atom stereocenters. The van der Waals surface area contributed by atoms with Crippen LogP contribution in [0.5, 0.6) is 11.5 Å². The van der Waals surface area contributed by atoms with E-state index >= 15 is 0 Å². The number of nitrogens with zero attached hydrogens (tertiary/aromatic N) is 3. The van der Waals surface area contributed by atoms with Crippen LogP contribution in [0.4, 0.5) is 5.95 Å². The molecule has 0 radical (unpaired) electrons. The quantitative estimate of drug-likeness (QED) is 0.306. The summed E-state index contributed by atoms with van der Waals surface area (Å²) in [7, 11) is 3.23. The van der Waals surface area contributed by atoms with E-state index in [1.165, 1.54) is 0 Å². The second-order valence-corrected chi connectivity index (χ2v) is 7.07. The monoisotopic (exact) mass is 424 g/mol. The van der Waals surface area contributed by atoms with Gasteiger partial charge in [0.2, 0.25) is 5.95 Å². The molecule has 0 atom stereocenters. The maximum absolute atomic E-state index is 5.47. The molecule has 0 aliphatic rings. The van der Waals surface area contributed by atoms with Crippen molar-refractivity contribution in [3.8, 4) is 34.0 Å². The fourth-order valence-corrected chi connectivity index (χ4v) is 3.28. The molecule has 0 aliphatic heterocycles. The molecule has 1 N–H and O–H groups in total. The minimum absolute atomic E-state index is 0.409. The van der Waals surface area contributed by atoms with Gasteiger partial charge in [0, 0.05) is 11.1 Å². The van der Waals surface area contributed by atoms with Crippen molar-refractivity contribution in [3.63, 3.8) is 0 Å². The van der Waals surface area contributed by atoms with Crippen molar-refractivity contribution in [2.45, 2.75) is 6.92 Å². The van der Waals surface area contributed by atoms with Gasteiger partial charge in [0.1, 0.15) is 0 Å². The smallest absolute Gasteiger partial charge is 0.244 e. The minimum Gasteiger partial charge on any atom is -0.493 e. The molecule has 0 saturated carbocycles. The summed E-state index contributed by atoms with van der Waals surface area (Å²) in [5, 5.41) is 4.49. The summed E-state index contributed by atoms with van der Waals surface area (Å²) in [5.74, 6) is 1.71. The van der Waals surface area contributed by atoms with Gasteiger partial charge in [-0.25, -0.2) is 15.4 Å². The number of anilines is 1. The Kier molecular flexibility index (Phi) is 6.41. The lowest BCUT2D eigenvalue weighted by Crippen LogP contribution is -2.04. The maximum atomic E-state index is 5.47. The SMILES string of the molecule is COc1ccc(-c2cc(-c3ccccc3)nc(N/N=C(/C)c3ccccc3)n2)cc1OC. The van der Waals surface area contributed by atoms with Crippen LogP contribution in [0.25, 0.3) is 22.5 Å². The van der Waals surface area contributed by atoms with Crippen molar-refractivity contribution in [2.75, 3.05) is 19.6 Å². The Labute approximate surface area is 187 Å². The highest BCUT2D eigenvalue weighted by Gasteiger charge is 2.12. The lowest BCUT2D eigenvalue weighted by molar-refractivity contribution is 0.355. The fourth-order valence-electron chi connectivity index (χ4n) is 3.28. The highest BCUT2D eigenvalue weighted by Crippen LogP contribution is 2.33. The first kappa shape index (κ1) is 21.1. The molecule has 4 aromatic rings. The van der Waals surface area contributed by atoms with E-state index in [0.717, 1.165) is 33.8 Å². The van der Waals surface area contributed by atoms with Crippen LogP contribution in [-0.4, -0.2) is 29.9 Å². The fraction of sp³-hybridized carbons (Fsp3) is 0.115. The average Bonchev–Trinajstić information content (AvgIpc) is 2.87. The molecular formula is C26H24N4O2. The Morgan fingerprint density at radius 3 is 2.00 bits per heavy atom. The predicted octanol–water partition coefficient (Wildman–Crippen LogP) is 5.66. The third kappa shape index (κ3) is 4.75. The number of rotatable bonds is 7. The molecule has 32 heavy (non-hydrogen) atoms. The Balaban J connectivity index is 1.75. The molecule has 6 heteroatoms. The van der Waals surface area contributed by atoms with Gasteiger partial charge in [0.05, 0.1) is 31.3 Å². The standard InChI is InChI=1S/C26H24N4O2/c1-18(19-10-6-4-7-11-19)29-30-26-27-22(20-12-8-5-9-13-20)17-23(28-26)21-14-15-24(31-2)25(16-21)32-3/h4-17H,1-3H3,(H,27,28,30)/b29-18-. The lowest BCUT2D eigenvalue weighted by atomic mass is 10.1. The summed E-state index contributed by atoms with van der Waals surface area (Å²) >= 11 is 0. The largest absolute Gasteiger partial charge is 0.493 e. The molecule has 3 aromatic carbocycles. The number of hydrogen-bond donors (Lipinski definition) is 1. The number of methoxy groups -OCH3 is 2. The summed E-state index contributed by atoms with van der Waals surface area (Å²) in [5.41, 5.74) is 8.30. The van der Waals surface area contributed by atoms with Crippen molar-refractivity contribution in [2.24, 2.45) is 5.10 Å². The summed E-state index contributed by atoms with van der Waals surface area (Å²) in [6.45, 7) is 1.94. The van der Waals surface area contributed by atoms with Crippen LogP contribution in [-0.2, 0) is 0 Å². The average molecular weight is 425 g/mol. The minimum atomic E-state index is 0.409. The molecule has 0 amide bonds. The molecule has 0 aliphatic carbocycles. The van der Waals surface area contributed by atoms with Gasteiger partial charge in [-0.2, -0.15) is 5.10 Å². The zero-order chi connectivity index (χ0) is 22.3. The van der Waals surface area contributed by atoms with Crippen LogP contribution in [0.15, 0.2) is 90.0 Å². The number of hydrazone groups is 1. The Hall–Kier alpha value is -4.19. The Morgan fingerprint density at radius 1 is 0.719 bits per heavy atom. The zero-order valence-electron chi connectivity index (χ0n) is 18.2. The predicted molar refractivity (Wildman–Crippen MR) is 128 cm³/mol. The van der Waals surface area contributed by atoms with Gasteiger partial charge in [0.25, 0.3) is 0 Å². The van der Waals surface area contributed by atoms with E-state index in [2.05, 4.69) is 15.5 Å². The third-order valence-electron chi connectivity index (χ3n) is 4.99. The number of hydrogen-bond acceptors (Lipinski definition) is 6. The van der Waals surface area contributed by atoms with Crippen LogP contribution in [0.1, 0.15) is 12.5 Å². The van der Waals surface area contributed by atoms with Crippen molar-refractivity contribution in [1.82, 2.24) is 9.97 Å². The normalized spacial score (nSPS) is 11.2. The molecule has 0 saturated heterocycles. The van der Waals surface area contributed by atoms with Crippen molar-refractivity contribution < 1.29 is 9.47 Å². The molecular weight excluding hydrogens is 400 g/mol. The van der Waals surface area contributed by atoms with Crippen LogP contribution < -0.4 is 14.9 Å². The first-order valence-electron chi connectivity index (χ1n) is 10.2. The van der Waals surface area contributed by atoms with E-state index in [1.807, 2.05) is 91.9 Å². The van der Waals surface area contributed by atoms with Gasteiger partial charge >= 0.3 is 0 Å². The summed E-state index contributed by atoms with van der Waals surface area (Å²) in [6, 6.07) is 27.6. The van der Waals surface area contributed by atoms with Crippen LogP contribution in [0, 0.1) is 0 Å². The highest BCUT2D eigenvalue weighted by molar-refractivity contribution is 5.98. The van der Waals surface area contributed by atoms with Crippen molar-refractivity contribution in [1.29, 1.82) is 0 Å². The van der Waals surface area contributed by atoms with E-state index in [9.17, 15) is 0 Å². The molecule has 0 spiro atoms. The van der Waals surface area contributed by atoms with E-state index in [1.54, 1.807) is 14.2 Å². The van der Waals surface area contributed by atoms with Gasteiger partial charge in [-0.1, -0.05) is 60.7 Å². The molecule has 160 valence electrons. The van der Waals surface area contributed by atoms with E-state index in [4.69, 9.17) is 14.5 Å². The summed E-state index contributed by atoms with van der Waals surface area (Å²) in [6.07, 6.45) is 0. The zero-order valence-corrected chi connectivity index (χ0v) is 18.2. The number of benzene rings is 3. The maximum Gasteiger partial charge on any atom is 0.244 e. The van der Waals surface area contributed by atoms with Gasteiger partial charge < -0.3 is 9.47 Å². The Morgan fingerprint density at radius 2 is 1.34 bits per heavy atom. The van der Waals surface area contributed by atoms with Crippen molar-refractivity contribution in [3.05, 3.63) is 90.5 Å². The van der Waals surface area contributed by atoms with Gasteiger partial charge in [-0.3, -0.25) is 0 Å². The first-order valence-corrected chi connectivity index (χ1v) is 10.2. The molecule has 0 bridgehead atoms. The Bertz CT molecular complexity index is 1230. The molecule has 1 heterocycles. The topological polar surface area (TPSA) is 68.6 Å². The van der Waals surface area contributed by atoms with Gasteiger partial charge in [0.15, 0.2) is 11.5 Å². The summed E-state index contributed by atoms with van der Waals surface area (Å²) in [4.78, 5) is 9.39. The van der Waals surface area contributed by atoms with E-state index in [-0.39, 0.29) is 0 Å². The molecule has 0 fully saturated rings. The second kappa shape index (κ2) is 9.75. The van der Waals surface area contributed by atoms with Crippen LogP contribution in [0.2, 0.25) is 0 Å². The highest BCUT2D eigenvalue weighted by atomic mass is 16.5. The number of nitrogens with one attached hydrogen (secondary N) is 1. The van der Waals surface area contributed by atoms with Gasteiger partial charge in [-0.05, 0) is 36.8 Å². The number of aromatic nitrogens is 2. The summed E-state index contributed by atoms with van der Waals surface area (Å²) < 4.78 is 10.8. The molecule has 6 nitrogen and oxygen atoms in total. The van der Waals surface area contributed by atoms with Gasteiger partial charge in [-0.15, -0.1) is 0 Å². The van der Waals surface area contributed by atoms with E-state index < -0.39 is 0 Å². The third-order valence-corrected chi connectivity index (χ3v) is 4.99. The lowest BCUT2D eigenvalue weighted by Gasteiger charge is -2.11. The van der Waals surface area contributed by atoms with Crippen LogP contribution >= 0.6 is 0 Å². The molecule has 1 aromatic heterocycles. The van der Waals surface area contributed by atoms with E-state index in [0.29, 0.717) is 17.4 Å². The molecule has 4 rings (SSSR count). The second-order valence-electron chi connectivity index (χ2n) is 7.07. The van der Waals surface area contributed by atoms with Crippen LogP contribution in [0.3, 0.4) is 0 Å². The van der Waals surface area contributed by atoms with Crippen molar-refractivity contribution >= 4 is 11.7 Å².